The quantitative estimate of drug-likeness (QED) is 0.542. The van der Waals surface area contributed by atoms with Crippen LogP contribution in [0.25, 0.3) is 0 Å². The maximum Gasteiger partial charge on any atom is 0.306 e. The number of hydrogen-bond acceptors (Lipinski definition) is 6. The molecule has 0 aromatic carbocycles. The molecule has 0 amide bonds. The third-order valence-electron chi connectivity index (χ3n) is 0.722. The van der Waals surface area contributed by atoms with E-state index in [1.165, 1.54) is 7.11 Å². The lowest BCUT2D eigenvalue weighted by molar-refractivity contribution is 0.282. The number of aromatic nitrogens is 2. The summed E-state index contributed by atoms with van der Waals surface area (Å²) in [6.45, 7) is 0. The van der Waals surface area contributed by atoms with Gasteiger partial charge in [0.25, 0.3) is 0 Å². The van der Waals surface area contributed by atoms with E-state index in [4.69, 9.17) is 0 Å². The lowest BCUT2D eigenvalue weighted by atomic mass is 10.7. The van der Waals surface area contributed by atoms with Crippen molar-refractivity contribution in [3.63, 3.8) is 0 Å². The van der Waals surface area contributed by atoms with Crippen molar-refractivity contribution < 1.29 is 9.37 Å². The molecule has 6 heteroatoms. The van der Waals surface area contributed by atoms with Crippen LogP contribution < -0.4 is 4.74 Å². The normalized spacial score (nSPS) is 9.00. The molecule has 0 aliphatic heterocycles. The highest BCUT2D eigenvalue weighted by molar-refractivity contribution is 5.35. The van der Waals surface area contributed by atoms with Crippen LogP contribution in [-0.4, -0.2) is 17.4 Å². The van der Waals surface area contributed by atoms with Crippen LogP contribution in [0.2, 0.25) is 0 Å². The fourth-order valence-corrected chi connectivity index (χ4v) is 0.360. The molecule has 9 heavy (non-hydrogen) atoms. The molecule has 0 spiro atoms. The Balaban J connectivity index is 2.98. The zero-order chi connectivity index (χ0) is 6.69. The summed E-state index contributed by atoms with van der Waals surface area (Å²) < 4.78 is 8.62. The average Bonchev–Trinajstić information content (AvgIpc) is 2.33. The zero-order valence-corrected chi connectivity index (χ0v) is 4.57. The highest BCUT2D eigenvalue weighted by Gasteiger charge is 2.08. The van der Waals surface area contributed by atoms with Gasteiger partial charge >= 0.3 is 11.7 Å². The summed E-state index contributed by atoms with van der Waals surface area (Å²) in [7, 11) is 1.34. The minimum atomic E-state index is -0.169. The molecular weight excluding hydrogens is 126 g/mol. The van der Waals surface area contributed by atoms with E-state index in [-0.39, 0.29) is 11.7 Å². The van der Waals surface area contributed by atoms with Crippen LogP contribution >= 0.6 is 0 Å². The number of nitrogens with zero attached hydrogens (tertiary/aromatic N) is 3. The summed E-state index contributed by atoms with van der Waals surface area (Å²) in [5.74, 6) is -0.164. The Labute approximate surface area is 49.7 Å². The molecule has 0 saturated heterocycles. The highest BCUT2D eigenvalue weighted by atomic mass is 16.6. The molecule has 0 aliphatic rings. The first kappa shape index (κ1) is 5.67. The van der Waals surface area contributed by atoms with Gasteiger partial charge in [-0.05, 0) is 15.5 Å². The van der Waals surface area contributed by atoms with E-state index >= 15 is 0 Å². The number of nitroso groups, excluding NO2 is 1. The minimum Gasteiger partial charge on any atom is -0.476 e. The van der Waals surface area contributed by atoms with Crippen molar-refractivity contribution in [1.29, 1.82) is 0 Å². The fourth-order valence-electron chi connectivity index (χ4n) is 0.360. The number of ether oxygens (including phenoxy) is 1. The summed E-state index contributed by atoms with van der Waals surface area (Å²) in [6, 6.07) is 0. The summed E-state index contributed by atoms with van der Waals surface area (Å²) in [5, 5.41) is 8.78. The van der Waals surface area contributed by atoms with E-state index in [9.17, 15) is 4.91 Å². The number of methoxy groups -OCH3 is 1. The maximum absolute atomic E-state index is 9.75. The Kier molecular flexibility index (Phi) is 1.39. The van der Waals surface area contributed by atoms with E-state index in [0.717, 1.165) is 0 Å². The number of hydrogen-bond donors (Lipinski definition) is 0. The van der Waals surface area contributed by atoms with Crippen LogP contribution in [0.15, 0.2) is 9.81 Å². The van der Waals surface area contributed by atoms with Gasteiger partial charge in [0.15, 0.2) is 0 Å². The highest BCUT2D eigenvalue weighted by Crippen LogP contribution is 2.19. The molecule has 0 atom stereocenters. The van der Waals surface area contributed by atoms with Crippen molar-refractivity contribution in [2.45, 2.75) is 0 Å². The Morgan fingerprint density at radius 1 is 1.67 bits per heavy atom. The molecule has 48 valence electrons. The number of rotatable bonds is 2. The largest absolute Gasteiger partial charge is 0.476 e. The first-order chi connectivity index (χ1) is 4.38. The summed E-state index contributed by atoms with van der Waals surface area (Å²) in [5.41, 5.74) is 0. The van der Waals surface area contributed by atoms with E-state index in [1.54, 1.807) is 0 Å². The molecule has 1 heterocycles. The van der Waals surface area contributed by atoms with E-state index in [0.29, 0.717) is 0 Å². The van der Waals surface area contributed by atoms with Crippen LogP contribution in [0, 0.1) is 4.91 Å². The third-order valence-corrected chi connectivity index (χ3v) is 0.722. The predicted molar refractivity (Wildman–Crippen MR) is 26.3 cm³/mol. The second-order valence-corrected chi connectivity index (χ2v) is 1.19. The van der Waals surface area contributed by atoms with Crippen LogP contribution in [0.4, 0.5) is 5.82 Å². The molecule has 0 unspecified atom stereocenters. The Bertz CT molecular complexity index is 208. The van der Waals surface area contributed by atoms with E-state index in [1.807, 2.05) is 0 Å². The second kappa shape index (κ2) is 2.21. The second-order valence-electron chi connectivity index (χ2n) is 1.19. The van der Waals surface area contributed by atoms with Crippen LogP contribution in [0.5, 0.6) is 5.88 Å². The first-order valence-corrected chi connectivity index (χ1v) is 2.08. The standard InChI is InChI=1S/C3H3N3O3/c1-8-3-2(4-7)5-9-6-3/h1H3. The van der Waals surface area contributed by atoms with Gasteiger partial charge in [-0.25, -0.2) is 4.63 Å². The fraction of sp³-hybridized carbons (Fsp3) is 0.333. The molecule has 0 bridgehead atoms. The minimum absolute atomic E-state index is 0.00463. The van der Waals surface area contributed by atoms with Crippen LogP contribution in [0.1, 0.15) is 0 Å². The van der Waals surface area contributed by atoms with Gasteiger partial charge in [0.05, 0.1) is 7.11 Å². The maximum atomic E-state index is 9.75. The topological polar surface area (TPSA) is 77.6 Å². The first-order valence-electron chi connectivity index (χ1n) is 2.08. The summed E-state index contributed by atoms with van der Waals surface area (Å²) in [6.07, 6.45) is 0. The summed E-state index contributed by atoms with van der Waals surface area (Å²) >= 11 is 0. The molecule has 0 aliphatic carbocycles. The van der Waals surface area contributed by atoms with Crippen molar-refractivity contribution >= 4 is 5.82 Å². The van der Waals surface area contributed by atoms with Crippen LogP contribution in [0.3, 0.4) is 0 Å². The molecular formula is C3H3N3O3. The SMILES string of the molecule is COc1nonc1N=O. The van der Waals surface area contributed by atoms with Gasteiger partial charge in [0.1, 0.15) is 0 Å². The van der Waals surface area contributed by atoms with Gasteiger partial charge < -0.3 is 4.74 Å². The van der Waals surface area contributed by atoms with Crippen molar-refractivity contribution in [1.82, 2.24) is 10.3 Å². The molecule has 1 aromatic heterocycles. The third kappa shape index (κ3) is 0.857. The smallest absolute Gasteiger partial charge is 0.306 e. The van der Waals surface area contributed by atoms with Gasteiger partial charge in [-0.3, -0.25) is 0 Å². The van der Waals surface area contributed by atoms with E-state index in [2.05, 4.69) is 24.9 Å². The molecule has 0 saturated carbocycles. The van der Waals surface area contributed by atoms with E-state index < -0.39 is 0 Å². The molecule has 1 rings (SSSR count). The Morgan fingerprint density at radius 3 is 2.89 bits per heavy atom. The molecule has 6 nitrogen and oxygen atoms in total. The monoisotopic (exact) mass is 129 g/mol. The Hall–Kier alpha value is -1.46. The van der Waals surface area contributed by atoms with Gasteiger partial charge in [0, 0.05) is 0 Å². The lowest BCUT2D eigenvalue weighted by Crippen LogP contribution is -1.80. The van der Waals surface area contributed by atoms with Crippen molar-refractivity contribution in [3.05, 3.63) is 4.91 Å². The average molecular weight is 129 g/mol. The van der Waals surface area contributed by atoms with Crippen LogP contribution in [-0.2, 0) is 0 Å². The van der Waals surface area contributed by atoms with Crippen molar-refractivity contribution in [3.8, 4) is 5.88 Å². The van der Waals surface area contributed by atoms with Gasteiger partial charge in [0.2, 0.25) is 0 Å². The van der Waals surface area contributed by atoms with Crippen molar-refractivity contribution in [2.75, 3.05) is 7.11 Å². The summed E-state index contributed by atoms with van der Waals surface area (Å²) in [4.78, 5) is 9.75. The molecule has 0 N–H and O–H groups in total. The molecule has 0 radical (unpaired) electrons. The van der Waals surface area contributed by atoms with Gasteiger partial charge in [-0.15, -0.1) is 4.91 Å². The Morgan fingerprint density at radius 2 is 2.44 bits per heavy atom. The van der Waals surface area contributed by atoms with Crippen molar-refractivity contribution in [2.24, 2.45) is 5.18 Å². The zero-order valence-electron chi connectivity index (χ0n) is 4.57. The predicted octanol–water partition coefficient (Wildman–Crippen LogP) is 0.476. The molecule has 1 aromatic rings. The van der Waals surface area contributed by atoms with Gasteiger partial charge in [-0.1, -0.05) is 0 Å². The lowest BCUT2D eigenvalue weighted by Gasteiger charge is -1.84. The van der Waals surface area contributed by atoms with Gasteiger partial charge in [-0.2, -0.15) is 0 Å². The molecule has 0 fully saturated rings.